The average Bonchev–Trinajstić information content (AvgIpc) is 2.65. The molecule has 18 heavy (non-hydrogen) atoms. The molecule has 0 bridgehead atoms. The van der Waals surface area contributed by atoms with Crippen molar-refractivity contribution in [1.29, 1.82) is 0 Å². The lowest BCUT2D eigenvalue weighted by Gasteiger charge is -1.97. The minimum atomic E-state index is -0.896. The fourth-order valence-corrected chi connectivity index (χ4v) is 1.66. The van der Waals surface area contributed by atoms with Gasteiger partial charge >= 0.3 is 5.97 Å². The van der Waals surface area contributed by atoms with Gasteiger partial charge in [0.1, 0.15) is 0 Å². The van der Waals surface area contributed by atoms with Gasteiger partial charge < -0.3 is 5.11 Å². The van der Waals surface area contributed by atoms with Gasteiger partial charge in [0.05, 0.1) is 5.56 Å². The molecule has 1 aromatic rings. The monoisotopic (exact) mass is 238 g/mol. The largest absolute Gasteiger partial charge is 0.478 e. The maximum absolute atomic E-state index is 10.7. The Hall–Kier alpha value is -2.35. The van der Waals surface area contributed by atoms with E-state index in [0.29, 0.717) is 5.56 Å². The van der Waals surface area contributed by atoms with Crippen LogP contribution in [0, 0.1) is 0 Å². The lowest BCUT2D eigenvalue weighted by Crippen LogP contribution is -1.94. The van der Waals surface area contributed by atoms with Gasteiger partial charge in [-0.3, -0.25) is 0 Å². The maximum Gasteiger partial charge on any atom is 0.335 e. The van der Waals surface area contributed by atoms with Gasteiger partial charge in [-0.15, -0.1) is 0 Å². The van der Waals surface area contributed by atoms with Crippen LogP contribution in [0.5, 0.6) is 0 Å². The highest BCUT2D eigenvalue weighted by Gasteiger charge is 2.00. The van der Waals surface area contributed by atoms with E-state index in [1.54, 1.807) is 12.1 Å². The van der Waals surface area contributed by atoms with Crippen molar-refractivity contribution >= 4 is 12.0 Å². The van der Waals surface area contributed by atoms with E-state index in [0.717, 1.165) is 12.0 Å². The molecular formula is C16H14O2. The van der Waals surface area contributed by atoms with E-state index in [1.807, 2.05) is 36.4 Å². The van der Waals surface area contributed by atoms with E-state index in [-0.39, 0.29) is 0 Å². The fourth-order valence-electron chi connectivity index (χ4n) is 1.66. The Morgan fingerprint density at radius 3 is 2.56 bits per heavy atom. The van der Waals surface area contributed by atoms with Crippen molar-refractivity contribution in [3.8, 4) is 0 Å². The lowest BCUT2D eigenvalue weighted by atomic mass is 10.1. The highest BCUT2D eigenvalue weighted by Crippen LogP contribution is 2.12. The molecule has 0 atom stereocenters. The van der Waals surface area contributed by atoms with Crippen LogP contribution in [0.25, 0.3) is 6.08 Å². The normalized spacial score (nSPS) is 14.6. The molecule has 2 heteroatoms. The fraction of sp³-hybridized carbons (Fsp3) is 0.0625. The maximum atomic E-state index is 10.7. The molecule has 1 N–H and O–H groups in total. The summed E-state index contributed by atoms with van der Waals surface area (Å²) in [7, 11) is 0. The summed E-state index contributed by atoms with van der Waals surface area (Å²) in [6, 6.07) is 6.85. The van der Waals surface area contributed by atoms with Crippen LogP contribution >= 0.6 is 0 Å². The molecule has 0 amide bonds. The van der Waals surface area contributed by atoms with E-state index in [2.05, 4.69) is 18.2 Å². The summed E-state index contributed by atoms with van der Waals surface area (Å²) in [5, 5.41) is 8.80. The van der Waals surface area contributed by atoms with E-state index in [4.69, 9.17) is 5.11 Å². The third-order valence-corrected chi connectivity index (χ3v) is 2.67. The van der Waals surface area contributed by atoms with Crippen molar-refractivity contribution < 1.29 is 9.90 Å². The molecular weight excluding hydrogens is 224 g/mol. The molecule has 0 aromatic heterocycles. The number of rotatable bonds is 3. The van der Waals surface area contributed by atoms with Crippen molar-refractivity contribution in [2.45, 2.75) is 6.42 Å². The van der Waals surface area contributed by atoms with Gasteiger partial charge in [-0.05, 0) is 29.7 Å². The van der Waals surface area contributed by atoms with Crippen LogP contribution < -0.4 is 0 Å². The second-order valence-electron chi connectivity index (χ2n) is 4.02. The van der Waals surface area contributed by atoms with Gasteiger partial charge in [0, 0.05) is 0 Å². The summed E-state index contributed by atoms with van der Waals surface area (Å²) in [5.41, 5.74) is 2.53. The Labute approximate surface area is 106 Å². The van der Waals surface area contributed by atoms with Gasteiger partial charge in [-0.1, -0.05) is 54.7 Å². The van der Waals surface area contributed by atoms with Crippen molar-refractivity contribution in [3.05, 3.63) is 77.4 Å². The van der Waals surface area contributed by atoms with Crippen molar-refractivity contribution in [2.24, 2.45) is 0 Å². The van der Waals surface area contributed by atoms with Gasteiger partial charge in [-0.25, -0.2) is 4.79 Å². The quantitative estimate of drug-likeness (QED) is 0.868. The van der Waals surface area contributed by atoms with Crippen LogP contribution in [0.3, 0.4) is 0 Å². The zero-order valence-corrected chi connectivity index (χ0v) is 9.91. The first kappa shape index (κ1) is 12.1. The molecule has 0 spiro atoms. The van der Waals surface area contributed by atoms with Crippen molar-refractivity contribution in [2.75, 3.05) is 0 Å². The number of carboxylic acids is 1. The predicted octanol–water partition coefficient (Wildman–Crippen LogP) is 3.84. The predicted molar refractivity (Wildman–Crippen MR) is 73.4 cm³/mol. The Morgan fingerprint density at radius 2 is 1.83 bits per heavy atom. The van der Waals surface area contributed by atoms with Crippen LogP contribution in [0.2, 0.25) is 0 Å². The zero-order valence-electron chi connectivity index (χ0n) is 9.91. The molecule has 2 rings (SSSR count). The molecule has 0 saturated heterocycles. The minimum Gasteiger partial charge on any atom is -0.478 e. The number of benzene rings is 1. The second kappa shape index (κ2) is 5.82. The Morgan fingerprint density at radius 1 is 1.06 bits per heavy atom. The van der Waals surface area contributed by atoms with Crippen molar-refractivity contribution in [3.63, 3.8) is 0 Å². The van der Waals surface area contributed by atoms with Gasteiger partial charge in [-0.2, -0.15) is 0 Å². The van der Waals surface area contributed by atoms with Crippen LogP contribution in [-0.4, -0.2) is 11.1 Å². The standard InChI is InChI=1S/C16H14O2/c17-16(18)15-11-9-14(10-12-15)8-7-13-5-3-1-2-4-6-13/h1-5,7-12H,6H2,(H,17,18)/b8-7+. The van der Waals surface area contributed by atoms with Crippen LogP contribution in [0.4, 0.5) is 0 Å². The van der Waals surface area contributed by atoms with E-state index in [1.165, 1.54) is 5.57 Å². The molecule has 2 nitrogen and oxygen atoms in total. The first-order chi connectivity index (χ1) is 8.75. The third-order valence-electron chi connectivity index (χ3n) is 2.67. The number of aromatic carboxylic acids is 1. The summed E-state index contributed by atoms with van der Waals surface area (Å²) in [6.45, 7) is 0. The summed E-state index contributed by atoms with van der Waals surface area (Å²) in [5.74, 6) is -0.896. The summed E-state index contributed by atoms with van der Waals surface area (Å²) in [6.07, 6.45) is 15.2. The molecule has 1 aliphatic carbocycles. The first-order valence-corrected chi connectivity index (χ1v) is 5.79. The molecule has 0 fully saturated rings. The van der Waals surface area contributed by atoms with Gasteiger partial charge in [0.15, 0.2) is 0 Å². The lowest BCUT2D eigenvalue weighted by molar-refractivity contribution is 0.0697. The van der Waals surface area contributed by atoms with Crippen molar-refractivity contribution in [1.82, 2.24) is 0 Å². The van der Waals surface area contributed by atoms with Crippen LogP contribution in [0.1, 0.15) is 22.3 Å². The van der Waals surface area contributed by atoms with Crippen LogP contribution in [0.15, 0.2) is 66.3 Å². The topological polar surface area (TPSA) is 37.3 Å². The Kier molecular flexibility index (Phi) is 3.92. The molecule has 1 aliphatic rings. The van der Waals surface area contributed by atoms with Gasteiger partial charge in [0.25, 0.3) is 0 Å². The number of hydrogen-bond donors (Lipinski definition) is 1. The molecule has 0 heterocycles. The number of carboxylic acid groups (broad SMARTS) is 1. The zero-order chi connectivity index (χ0) is 12.8. The molecule has 0 unspecified atom stereocenters. The molecule has 90 valence electrons. The minimum absolute atomic E-state index is 0.312. The molecule has 1 aromatic carbocycles. The second-order valence-corrected chi connectivity index (χ2v) is 4.02. The summed E-state index contributed by atoms with van der Waals surface area (Å²) >= 11 is 0. The van der Waals surface area contributed by atoms with Gasteiger partial charge in [0.2, 0.25) is 0 Å². The number of carbonyl (C=O) groups is 1. The highest BCUT2D eigenvalue weighted by atomic mass is 16.4. The Bertz CT molecular complexity index is 543. The number of allylic oxidation sites excluding steroid dienone is 7. The third kappa shape index (κ3) is 3.32. The molecule has 0 radical (unpaired) electrons. The van der Waals surface area contributed by atoms with E-state index < -0.39 is 5.97 Å². The number of hydrogen-bond acceptors (Lipinski definition) is 1. The summed E-state index contributed by atoms with van der Waals surface area (Å²) in [4.78, 5) is 10.7. The Balaban J connectivity index is 2.09. The van der Waals surface area contributed by atoms with E-state index in [9.17, 15) is 4.79 Å². The SMILES string of the molecule is O=C(O)c1ccc(/C=C/C2=CC=CC=CC2)cc1. The smallest absolute Gasteiger partial charge is 0.335 e. The molecule has 0 saturated carbocycles. The van der Waals surface area contributed by atoms with E-state index >= 15 is 0 Å². The molecule has 0 aliphatic heterocycles. The van der Waals surface area contributed by atoms with Crippen LogP contribution in [-0.2, 0) is 0 Å². The first-order valence-electron chi connectivity index (χ1n) is 5.79. The highest BCUT2D eigenvalue weighted by molar-refractivity contribution is 5.87. The summed E-state index contributed by atoms with van der Waals surface area (Å²) < 4.78 is 0. The average molecular weight is 238 g/mol.